The van der Waals surface area contributed by atoms with Crippen molar-refractivity contribution < 1.29 is 9.53 Å². The second-order valence-corrected chi connectivity index (χ2v) is 9.47. The fourth-order valence-corrected chi connectivity index (χ4v) is 4.78. The first-order valence-electron chi connectivity index (χ1n) is 10.2. The number of aryl methyl sites for hydroxylation is 1. The molecule has 0 aliphatic carbocycles. The van der Waals surface area contributed by atoms with Gasteiger partial charge in [-0.1, -0.05) is 41.4 Å². The monoisotopic (exact) mass is 474 g/mol. The topological polar surface area (TPSA) is 32.8 Å². The van der Waals surface area contributed by atoms with Crippen LogP contribution in [0.1, 0.15) is 26.4 Å². The van der Waals surface area contributed by atoms with Gasteiger partial charge in [0.05, 0.1) is 14.9 Å². The van der Waals surface area contributed by atoms with E-state index in [1.54, 1.807) is 0 Å². The number of amides is 1. The van der Waals surface area contributed by atoms with Crippen LogP contribution in [0.2, 0.25) is 10.0 Å². The molecule has 0 N–H and O–H groups in total. The predicted molar refractivity (Wildman–Crippen MR) is 127 cm³/mol. The van der Waals surface area contributed by atoms with Gasteiger partial charge in [0.25, 0.3) is 5.91 Å². The first-order valence-corrected chi connectivity index (χ1v) is 11.8. The van der Waals surface area contributed by atoms with Crippen molar-refractivity contribution in [3.8, 4) is 5.75 Å². The highest BCUT2D eigenvalue weighted by Crippen LogP contribution is 2.24. The minimum absolute atomic E-state index is 0.0981. The Morgan fingerprint density at radius 1 is 1.00 bits per heavy atom. The Balaban J connectivity index is 1.28. The molecular weight excluding hydrogens is 451 g/mol. The van der Waals surface area contributed by atoms with E-state index >= 15 is 0 Å². The fourth-order valence-electron chi connectivity index (χ4n) is 3.60. The van der Waals surface area contributed by atoms with Crippen molar-refractivity contribution in [1.82, 2.24) is 9.80 Å². The highest BCUT2D eigenvalue weighted by atomic mass is 35.5. The van der Waals surface area contributed by atoms with Gasteiger partial charge in [-0.15, -0.1) is 11.3 Å². The van der Waals surface area contributed by atoms with Gasteiger partial charge in [0.15, 0.2) is 0 Å². The molecule has 2 aromatic carbocycles. The van der Waals surface area contributed by atoms with Crippen molar-refractivity contribution in [2.24, 2.45) is 0 Å². The van der Waals surface area contributed by atoms with Crippen molar-refractivity contribution >= 4 is 40.4 Å². The summed E-state index contributed by atoms with van der Waals surface area (Å²) in [7, 11) is 0. The van der Waals surface area contributed by atoms with Crippen LogP contribution in [-0.4, -0.2) is 41.9 Å². The molecule has 0 radical (unpaired) electrons. The molecule has 1 fully saturated rings. The average Bonchev–Trinajstić information content (AvgIpc) is 3.24. The normalized spacial score (nSPS) is 14.6. The Bertz CT molecular complexity index is 1060. The molecule has 1 amide bonds. The molecule has 7 heteroatoms. The largest absolute Gasteiger partial charge is 0.489 e. The van der Waals surface area contributed by atoms with Crippen LogP contribution in [0.3, 0.4) is 0 Å². The Morgan fingerprint density at radius 3 is 2.55 bits per heavy atom. The number of hydrogen-bond donors (Lipinski definition) is 0. The third-order valence-electron chi connectivity index (χ3n) is 5.31. The Kier molecular flexibility index (Phi) is 7.18. The molecule has 0 bridgehead atoms. The van der Waals surface area contributed by atoms with Gasteiger partial charge in [-0.05, 0) is 53.8 Å². The summed E-state index contributed by atoms with van der Waals surface area (Å²) >= 11 is 13.6. The number of ether oxygens (including phenoxy) is 1. The van der Waals surface area contributed by atoms with Crippen molar-refractivity contribution in [3.63, 3.8) is 0 Å². The highest BCUT2D eigenvalue weighted by molar-refractivity contribution is 7.12. The highest BCUT2D eigenvalue weighted by Gasteiger charge is 2.23. The summed E-state index contributed by atoms with van der Waals surface area (Å²) in [6, 6.07) is 15.7. The second-order valence-electron chi connectivity index (χ2n) is 7.74. The van der Waals surface area contributed by atoms with Crippen molar-refractivity contribution in [2.45, 2.75) is 20.1 Å². The van der Waals surface area contributed by atoms with Crippen LogP contribution in [0, 0.1) is 6.92 Å². The van der Waals surface area contributed by atoms with Crippen molar-refractivity contribution in [1.29, 1.82) is 0 Å². The molecule has 2 heterocycles. The number of benzene rings is 2. The zero-order valence-corrected chi connectivity index (χ0v) is 19.6. The Hall–Kier alpha value is -2.05. The average molecular weight is 475 g/mol. The van der Waals surface area contributed by atoms with E-state index in [1.807, 2.05) is 65.7 Å². The summed E-state index contributed by atoms with van der Waals surface area (Å²) in [6.07, 6.45) is 0. The summed E-state index contributed by atoms with van der Waals surface area (Å²) in [4.78, 5) is 18.0. The van der Waals surface area contributed by atoms with Gasteiger partial charge in [0.2, 0.25) is 0 Å². The lowest BCUT2D eigenvalue weighted by Crippen LogP contribution is -2.48. The van der Waals surface area contributed by atoms with E-state index in [9.17, 15) is 4.79 Å². The first-order chi connectivity index (χ1) is 15.0. The summed E-state index contributed by atoms with van der Waals surface area (Å²) in [6.45, 7) is 6.41. The lowest BCUT2D eigenvalue weighted by atomic mass is 10.2. The van der Waals surface area contributed by atoms with E-state index in [-0.39, 0.29) is 5.91 Å². The maximum atomic E-state index is 12.9. The molecule has 0 atom stereocenters. The zero-order chi connectivity index (χ0) is 21.8. The SMILES string of the molecule is Cc1cccc(OCc2csc(C(=O)N3CCN(Cc4ccc(Cl)c(Cl)c4)CC3)c2)c1. The third-order valence-corrected chi connectivity index (χ3v) is 7.02. The summed E-state index contributed by atoms with van der Waals surface area (Å²) in [5.74, 6) is 0.943. The molecule has 31 heavy (non-hydrogen) atoms. The Labute approximate surface area is 197 Å². The summed E-state index contributed by atoms with van der Waals surface area (Å²) in [5.41, 5.74) is 3.32. The number of thiophene rings is 1. The molecule has 0 unspecified atom stereocenters. The van der Waals surface area contributed by atoms with Gasteiger partial charge in [-0.3, -0.25) is 9.69 Å². The standard InChI is InChI=1S/C24H24Cl2N2O2S/c1-17-3-2-4-20(11-17)30-15-19-13-23(31-16-19)24(29)28-9-7-27(8-10-28)14-18-5-6-21(25)22(26)12-18/h2-6,11-13,16H,7-10,14-15H2,1H3. The lowest BCUT2D eigenvalue weighted by molar-refractivity contribution is 0.0633. The molecule has 1 aliphatic heterocycles. The van der Waals surface area contributed by atoms with Gasteiger partial charge in [-0.25, -0.2) is 0 Å². The number of halogens is 2. The molecule has 1 aromatic heterocycles. The van der Waals surface area contributed by atoms with Gasteiger partial charge >= 0.3 is 0 Å². The van der Waals surface area contributed by atoms with E-state index in [4.69, 9.17) is 27.9 Å². The predicted octanol–water partition coefficient (Wildman–Crippen LogP) is 5.90. The fraction of sp³-hybridized carbons (Fsp3) is 0.292. The van der Waals surface area contributed by atoms with Crippen molar-refractivity contribution in [3.05, 3.63) is 85.5 Å². The molecule has 1 saturated heterocycles. The minimum Gasteiger partial charge on any atom is -0.489 e. The van der Waals surface area contributed by atoms with E-state index in [1.165, 1.54) is 11.3 Å². The Morgan fingerprint density at radius 2 is 1.81 bits per heavy atom. The summed E-state index contributed by atoms with van der Waals surface area (Å²) in [5, 5.41) is 3.15. The first kappa shape index (κ1) is 22.2. The van der Waals surface area contributed by atoms with E-state index in [2.05, 4.69) is 4.90 Å². The molecule has 0 saturated carbocycles. The molecule has 1 aliphatic rings. The maximum Gasteiger partial charge on any atom is 0.264 e. The van der Waals surface area contributed by atoms with Crippen LogP contribution in [0.4, 0.5) is 0 Å². The van der Waals surface area contributed by atoms with E-state index in [0.29, 0.717) is 29.7 Å². The number of piperazine rings is 1. The number of carbonyl (C=O) groups excluding carboxylic acids is 1. The molecule has 3 aromatic rings. The van der Waals surface area contributed by atoms with Crippen LogP contribution in [0.15, 0.2) is 53.9 Å². The van der Waals surface area contributed by atoms with Gasteiger partial charge in [0, 0.05) is 38.3 Å². The molecule has 0 spiro atoms. The van der Waals surface area contributed by atoms with Crippen molar-refractivity contribution in [2.75, 3.05) is 26.2 Å². The molecule has 4 rings (SSSR count). The van der Waals surface area contributed by atoms with E-state index in [0.717, 1.165) is 47.0 Å². The summed E-state index contributed by atoms with van der Waals surface area (Å²) < 4.78 is 5.86. The number of carbonyl (C=O) groups is 1. The lowest BCUT2D eigenvalue weighted by Gasteiger charge is -2.34. The van der Waals surface area contributed by atoms with Crippen LogP contribution in [-0.2, 0) is 13.2 Å². The van der Waals surface area contributed by atoms with Gasteiger partial charge in [0.1, 0.15) is 12.4 Å². The van der Waals surface area contributed by atoms with Crippen LogP contribution in [0.25, 0.3) is 0 Å². The number of rotatable bonds is 6. The third kappa shape index (κ3) is 5.80. The van der Waals surface area contributed by atoms with Gasteiger partial charge in [-0.2, -0.15) is 0 Å². The number of nitrogens with zero attached hydrogens (tertiary/aromatic N) is 2. The van der Waals surface area contributed by atoms with E-state index < -0.39 is 0 Å². The molecular formula is C24H24Cl2N2O2S. The maximum absolute atomic E-state index is 12.9. The van der Waals surface area contributed by atoms with Crippen LogP contribution in [0.5, 0.6) is 5.75 Å². The minimum atomic E-state index is 0.0981. The number of hydrogen-bond acceptors (Lipinski definition) is 4. The quantitative estimate of drug-likeness (QED) is 0.445. The second kappa shape index (κ2) is 10.0. The molecule has 162 valence electrons. The smallest absolute Gasteiger partial charge is 0.264 e. The van der Waals surface area contributed by atoms with Crippen LogP contribution < -0.4 is 4.74 Å². The molecule has 4 nitrogen and oxygen atoms in total. The van der Waals surface area contributed by atoms with Crippen LogP contribution >= 0.6 is 34.5 Å². The van der Waals surface area contributed by atoms with Gasteiger partial charge < -0.3 is 9.64 Å². The zero-order valence-electron chi connectivity index (χ0n) is 17.3.